The normalized spacial score (nSPS) is 14.4. The quantitative estimate of drug-likeness (QED) is 0.430. The molecule has 0 heterocycles. The Bertz CT molecular complexity index is 152. The van der Waals surface area contributed by atoms with E-state index in [1.165, 1.54) is 6.92 Å². The second-order valence-electron chi connectivity index (χ2n) is 1.81. The van der Waals surface area contributed by atoms with Gasteiger partial charge in [-0.3, -0.25) is 0 Å². The summed E-state index contributed by atoms with van der Waals surface area (Å²) in [6.45, 7) is 1.24. The third-order valence-corrected chi connectivity index (χ3v) is 1.20. The van der Waals surface area contributed by atoms with Gasteiger partial charge in [-0.05, 0) is 6.42 Å². The van der Waals surface area contributed by atoms with Crippen LogP contribution >= 0.6 is 0 Å². The molecule has 1 unspecified atom stereocenters. The monoisotopic (exact) mass is 165 g/mol. The van der Waals surface area contributed by atoms with Crippen molar-refractivity contribution in [3.63, 3.8) is 0 Å². The Kier molecular flexibility index (Phi) is 4.43. The zero-order chi connectivity index (χ0) is 8.36. The smallest absolute Gasteiger partial charge is 0.341 e. The summed E-state index contributed by atoms with van der Waals surface area (Å²) >= 11 is 0. The van der Waals surface area contributed by atoms with Gasteiger partial charge in [-0.1, -0.05) is 6.92 Å². The highest BCUT2D eigenvalue weighted by Gasteiger charge is 2.35. The fourth-order valence-corrected chi connectivity index (χ4v) is 0.383. The number of carboxylic acids is 2. The lowest BCUT2D eigenvalue weighted by molar-refractivity contribution is -0.323. The summed E-state index contributed by atoms with van der Waals surface area (Å²) in [5, 5.41) is 26.8. The summed E-state index contributed by atoms with van der Waals surface area (Å²) < 4.78 is 0. The molecule has 0 aliphatic rings. The molecule has 6 N–H and O–H groups in total. The number of hydrogen-bond acceptors (Lipinski definition) is 4. The number of aliphatic carboxylic acids is 2. The molecule has 1 atom stereocenters. The Hall–Kier alpha value is -1.14. The van der Waals surface area contributed by atoms with E-state index < -0.39 is 24.0 Å². The van der Waals surface area contributed by atoms with E-state index >= 15 is 0 Å². The number of quaternary nitrogens is 1. The predicted molar refractivity (Wildman–Crippen MR) is 33.9 cm³/mol. The molecule has 0 saturated carbocycles. The summed E-state index contributed by atoms with van der Waals surface area (Å²) in [4.78, 5) is 20.0. The van der Waals surface area contributed by atoms with Gasteiger partial charge in [0, 0.05) is 0 Å². The Morgan fingerprint density at radius 3 is 1.91 bits per heavy atom. The second kappa shape index (κ2) is 3.89. The minimum Gasteiger partial charge on any atom is -0.546 e. The molecule has 0 fully saturated rings. The fraction of sp³-hybridized carbons (Fsp3) is 0.600. The molecule has 0 aromatic heterocycles. The van der Waals surface area contributed by atoms with Crippen molar-refractivity contribution in [3.05, 3.63) is 0 Å². The molecule has 6 nitrogen and oxygen atoms in total. The van der Waals surface area contributed by atoms with Gasteiger partial charge in [0.15, 0.2) is 0 Å². The third-order valence-electron chi connectivity index (χ3n) is 1.20. The van der Waals surface area contributed by atoms with E-state index in [1.54, 1.807) is 0 Å². The van der Waals surface area contributed by atoms with Gasteiger partial charge in [0.25, 0.3) is 0 Å². The predicted octanol–water partition coefficient (Wildman–Crippen LogP) is -1.66. The van der Waals surface area contributed by atoms with Gasteiger partial charge in [0.2, 0.25) is 5.60 Å². The van der Waals surface area contributed by atoms with Gasteiger partial charge in [-0.15, -0.1) is 0 Å². The molecule has 6 heteroatoms. The lowest BCUT2D eigenvalue weighted by Crippen LogP contribution is -2.53. The van der Waals surface area contributed by atoms with Crippen molar-refractivity contribution in [2.24, 2.45) is 0 Å². The van der Waals surface area contributed by atoms with E-state index in [0.717, 1.165) is 0 Å². The number of carboxylic acid groups (broad SMARTS) is 2. The summed E-state index contributed by atoms with van der Waals surface area (Å²) in [6.07, 6.45) is -0.412. The van der Waals surface area contributed by atoms with Crippen LogP contribution in [0.15, 0.2) is 0 Å². The highest BCUT2D eigenvalue weighted by molar-refractivity contribution is 6.00. The standard InChI is InChI=1S/C5H8O5.H3N/c1-2-5(10,3(6)7)4(8)9;/h10H,2H2,1H3,(H,6,7)(H,8,9);1H3. The molecule has 0 spiro atoms. The first kappa shape index (κ1) is 12.5. The molecule has 0 aromatic rings. The zero-order valence-electron chi connectivity index (χ0n) is 6.33. The van der Waals surface area contributed by atoms with Crippen molar-refractivity contribution in [2.75, 3.05) is 0 Å². The SMILES string of the molecule is CCC(O)(C(=O)[O-])C(=O)O.[NH4+]. The molecule has 0 aliphatic carbocycles. The Morgan fingerprint density at radius 1 is 1.55 bits per heavy atom. The Morgan fingerprint density at radius 2 is 1.91 bits per heavy atom. The van der Waals surface area contributed by atoms with E-state index in [0.29, 0.717) is 0 Å². The number of rotatable bonds is 3. The fourth-order valence-electron chi connectivity index (χ4n) is 0.383. The van der Waals surface area contributed by atoms with Crippen LogP contribution in [-0.2, 0) is 9.59 Å². The molecule has 66 valence electrons. The van der Waals surface area contributed by atoms with Crippen LogP contribution in [0.4, 0.5) is 0 Å². The minimum atomic E-state index is -2.74. The van der Waals surface area contributed by atoms with E-state index in [4.69, 9.17) is 10.2 Å². The van der Waals surface area contributed by atoms with Gasteiger partial charge < -0.3 is 26.3 Å². The molecule has 0 amide bonds. The van der Waals surface area contributed by atoms with Crippen LogP contribution in [0, 0.1) is 0 Å². The molecule has 0 aromatic carbocycles. The van der Waals surface area contributed by atoms with Crippen LogP contribution in [0.2, 0.25) is 0 Å². The van der Waals surface area contributed by atoms with Crippen molar-refractivity contribution in [1.29, 1.82) is 0 Å². The molecular weight excluding hydrogens is 154 g/mol. The van der Waals surface area contributed by atoms with Gasteiger partial charge in [-0.2, -0.15) is 0 Å². The first-order valence-corrected chi connectivity index (χ1v) is 2.62. The summed E-state index contributed by atoms with van der Waals surface area (Å²) in [5.41, 5.74) is -2.74. The minimum absolute atomic E-state index is 0. The Labute approximate surface area is 63.0 Å². The van der Waals surface area contributed by atoms with Crippen molar-refractivity contribution < 1.29 is 24.9 Å². The average Bonchev–Trinajstić information content (AvgIpc) is 1.85. The third kappa shape index (κ3) is 2.17. The molecule has 0 radical (unpaired) electrons. The van der Waals surface area contributed by atoms with Crippen LogP contribution in [0.3, 0.4) is 0 Å². The van der Waals surface area contributed by atoms with Crippen LogP contribution in [0.1, 0.15) is 13.3 Å². The topological polar surface area (TPSA) is 134 Å². The van der Waals surface area contributed by atoms with Crippen molar-refractivity contribution in [3.8, 4) is 0 Å². The number of carbonyl (C=O) groups excluding carboxylic acids is 1. The maximum atomic E-state index is 10.0. The van der Waals surface area contributed by atoms with Gasteiger partial charge >= 0.3 is 5.97 Å². The summed E-state index contributed by atoms with van der Waals surface area (Å²) in [7, 11) is 0. The average molecular weight is 165 g/mol. The van der Waals surface area contributed by atoms with Crippen molar-refractivity contribution >= 4 is 11.9 Å². The number of hydrogen-bond donors (Lipinski definition) is 3. The highest BCUT2D eigenvalue weighted by atomic mass is 16.4. The Balaban J connectivity index is 0. The van der Waals surface area contributed by atoms with E-state index in [2.05, 4.69) is 0 Å². The van der Waals surface area contributed by atoms with Gasteiger partial charge in [-0.25, -0.2) is 4.79 Å². The van der Waals surface area contributed by atoms with Crippen LogP contribution in [0.25, 0.3) is 0 Å². The van der Waals surface area contributed by atoms with Crippen molar-refractivity contribution in [2.45, 2.75) is 18.9 Å². The van der Waals surface area contributed by atoms with Crippen LogP contribution < -0.4 is 11.3 Å². The van der Waals surface area contributed by atoms with E-state index in [9.17, 15) is 14.7 Å². The van der Waals surface area contributed by atoms with E-state index in [-0.39, 0.29) is 6.15 Å². The second-order valence-corrected chi connectivity index (χ2v) is 1.81. The van der Waals surface area contributed by atoms with Crippen molar-refractivity contribution in [1.82, 2.24) is 6.15 Å². The maximum absolute atomic E-state index is 10.0. The molecule has 0 aliphatic heterocycles. The highest BCUT2D eigenvalue weighted by Crippen LogP contribution is 2.07. The lowest BCUT2D eigenvalue weighted by atomic mass is 10.0. The number of aliphatic hydroxyl groups is 1. The van der Waals surface area contributed by atoms with Gasteiger partial charge in [0.05, 0.1) is 5.97 Å². The molecule has 0 rings (SSSR count). The van der Waals surface area contributed by atoms with Crippen LogP contribution in [-0.4, -0.2) is 27.8 Å². The molecule has 0 saturated heterocycles. The molecule has 11 heavy (non-hydrogen) atoms. The zero-order valence-corrected chi connectivity index (χ0v) is 6.33. The van der Waals surface area contributed by atoms with Gasteiger partial charge in [0.1, 0.15) is 0 Å². The van der Waals surface area contributed by atoms with E-state index in [1.807, 2.05) is 0 Å². The largest absolute Gasteiger partial charge is 0.546 e. The summed E-state index contributed by atoms with van der Waals surface area (Å²) in [5.74, 6) is -3.78. The molecular formula is C5H11NO5. The summed E-state index contributed by atoms with van der Waals surface area (Å²) in [6, 6.07) is 0. The first-order valence-electron chi connectivity index (χ1n) is 2.62. The lowest BCUT2D eigenvalue weighted by Gasteiger charge is -2.21. The molecule has 0 bridgehead atoms. The van der Waals surface area contributed by atoms with Crippen LogP contribution in [0.5, 0.6) is 0 Å². The number of carbonyl (C=O) groups is 2. The first-order chi connectivity index (χ1) is 4.45. The maximum Gasteiger partial charge on any atom is 0.341 e.